The van der Waals surface area contributed by atoms with Crippen LogP contribution in [0.25, 0.3) is 0 Å². The van der Waals surface area contributed by atoms with Crippen LogP contribution in [0.1, 0.15) is 20.8 Å². The monoisotopic (exact) mass is 319 g/mol. The van der Waals surface area contributed by atoms with E-state index in [2.05, 4.69) is 26.2 Å². The number of amides is 1. The van der Waals surface area contributed by atoms with E-state index in [0.717, 1.165) is 0 Å². The number of nitrogens with one attached hydrogen (secondary N) is 1. The van der Waals surface area contributed by atoms with Crippen molar-refractivity contribution in [3.63, 3.8) is 0 Å². The van der Waals surface area contributed by atoms with Crippen molar-refractivity contribution in [3.05, 3.63) is 21.9 Å². The van der Waals surface area contributed by atoms with Gasteiger partial charge in [-0.2, -0.15) is 0 Å². The molecule has 0 radical (unpaired) electrons. The first-order valence-electron chi connectivity index (χ1n) is 5.09. The van der Waals surface area contributed by atoms with Gasteiger partial charge in [-0.3, -0.25) is 4.79 Å². The summed E-state index contributed by atoms with van der Waals surface area (Å²) in [4.78, 5) is 15.8. The van der Waals surface area contributed by atoms with Gasteiger partial charge in [0.1, 0.15) is 5.15 Å². The Bertz CT molecular complexity index is 431. The van der Waals surface area contributed by atoms with Crippen LogP contribution in [0.15, 0.2) is 16.7 Å². The molecule has 0 aromatic carbocycles. The quantitative estimate of drug-likeness (QED) is 0.823. The van der Waals surface area contributed by atoms with Gasteiger partial charge in [0.25, 0.3) is 0 Å². The second kappa shape index (κ2) is 5.33. The largest absolute Gasteiger partial charge is 0.323 e. The summed E-state index contributed by atoms with van der Waals surface area (Å²) < 4.78 is 0.626. The molecule has 0 bridgehead atoms. The fourth-order valence-corrected chi connectivity index (χ4v) is 1.56. The Hall–Kier alpha value is -0.650. The zero-order chi connectivity index (χ0) is 13.2. The summed E-state index contributed by atoms with van der Waals surface area (Å²) in [5.74, 6) is -0.242. The van der Waals surface area contributed by atoms with Gasteiger partial charge in [-0.05, 0) is 27.4 Å². The minimum absolute atomic E-state index is 0.242. The summed E-state index contributed by atoms with van der Waals surface area (Å²) in [5, 5.41) is 3.05. The van der Waals surface area contributed by atoms with Crippen molar-refractivity contribution >= 4 is 39.1 Å². The van der Waals surface area contributed by atoms with E-state index < -0.39 is 6.04 Å². The zero-order valence-electron chi connectivity index (χ0n) is 9.92. The lowest BCUT2D eigenvalue weighted by Crippen LogP contribution is -2.45. The first-order valence-corrected chi connectivity index (χ1v) is 6.26. The highest BCUT2D eigenvalue weighted by molar-refractivity contribution is 9.10. The van der Waals surface area contributed by atoms with E-state index >= 15 is 0 Å². The van der Waals surface area contributed by atoms with Crippen LogP contribution in [0.5, 0.6) is 0 Å². The predicted octanol–water partition coefficient (Wildman–Crippen LogP) is 2.81. The van der Waals surface area contributed by atoms with Gasteiger partial charge in [-0.1, -0.05) is 32.4 Å². The Kier molecular flexibility index (Phi) is 4.52. The maximum Gasteiger partial charge on any atom is 0.241 e. The van der Waals surface area contributed by atoms with Crippen LogP contribution < -0.4 is 11.1 Å². The molecular formula is C11H15BrClN3O. The van der Waals surface area contributed by atoms with E-state index in [9.17, 15) is 4.79 Å². The first kappa shape index (κ1) is 14.4. The van der Waals surface area contributed by atoms with Crippen molar-refractivity contribution in [1.82, 2.24) is 4.98 Å². The predicted molar refractivity (Wildman–Crippen MR) is 73.0 cm³/mol. The number of carbonyl (C=O) groups is 1. The van der Waals surface area contributed by atoms with Gasteiger partial charge in [0.15, 0.2) is 0 Å². The minimum Gasteiger partial charge on any atom is -0.323 e. The third-order valence-corrected chi connectivity index (χ3v) is 3.41. The molecule has 0 fully saturated rings. The molecule has 0 aliphatic heterocycles. The zero-order valence-corrected chi connectivity index (χ0v) is 12.3. The molecule has 0 unspecified atom stereocenters. The molecule has 94 valence electrons. The standard InChI is InChI=1S/C11H15BrClN3O/c1-11(2,3)8(14)10(17)16-6-4-7(12)9(13)15-5-6/h4-5,8H,14H2,1-3H3,(H,16,17)/t8-/m0/s1. The topological polar surface area (TPSA) is 68.0 Å². The van der Waals surface area contributed by atoms with Gasteiger partial charge in [0.05, 0.1) is 22.4 Å². The van der Waals surface area contributed by atoms with E-state index in [1.807, 2.05) is 20.8 Å². The molecular weight excluding hydrogens is 305 g/mol. The summed E-state index contributed by atoms with van der Waals surface area (Å²) in [5.41, 5.74) is 6.11. The molecule has 4 nitrogen and oxygen atoms in total. The molecule has 6 heteroatoms. The van der Waals surface area contributed by atoms with Crippen LogP contribution in [0.4, 0.5) is 5.69 Å². The number of rotatable bonds is 2. The van der Waals surface area contributed by atoms with Crippen LogP contribution in [0.3, 0.4) is 0 Å². The van der Waals surface area contributed by atoms with Crippen LogP contribution in [-0.4, -0.2) is 16.9 Å². The Balaban J connectivity index is 2.78. The van der Waals surface area contributed by atoms with E-state index in [-0.39, 0.29) is 11.3 Å². The Labute approximate surface area is 114 Å². The second-order valence-electron chi connectivity index (χ2n) is 4.83. The van der Waals surface area contributed by atoms with Gasteiger partial charge in [-0.25, -0.2) is 4.98 Å². The van der Waals surface area contributed by atoms with E-state index in [0.29, 0.717) is 15.3 Å². The number of halogens is 2. The number of hydrogen-bond donors (Lipinski definition) is 2. The van der Waals surface area contributed by atoms with Gasteiger partial charge >= 0.3 is 0 Å². The number of nitrogens with zero attached hydrogens (tertiary/aromatic N) is 1. The molecule has 0 saturated carbocycles. The molecule has 0 aliphatic carbocycles. The summed E-state index contributed by atoms with van der Waals surface area (Å²) in [6.07, 6.45) is 1.49. The molecule has 1 rings (SSSR count). The third kappa shape index (κ3) is 3.94. The van der Waals surface area contributed by atoms with E-state index in [1.54, 1.807) is 6.07 Å². The number of pyridine rings is 1. The van der Waals surface area contributed by atoms with Crippen LogP contribution in [0, 0.1) is 5.41 Å². The lowest BCUT2D eigenvalue weighted by molar-refractivity contribution is -0.119. The van der Waals surface area contributed by atoms with Crippen molar-refractivity contribution in [2.75, 3.05) is 5.32 Å². The maximum atomic E-state index is 11.8. The number of anilines is 1. The average Bonchev–Trinajstić information content (AvgIpc) is 2.21. The number of carbonyl (C=O) groups excluding carboxylic acids is 1. The molecule has 1 heterocycles. The molecule has 0 spiro atoms. The minimum atomic E-state index is -0.586. The third-order valence-electron chi connectivity index (χ3n) is 2.28. The van der Waals surface area contributed by atoms with Crippen molar-refractivity contribution in [2.45, 2.75) is 26.8 Å². The maximum absolute atomic E-state index is 11.8. The highest BCUT2D eigenvalue weighted by Gasteiger charge is 2.27. The van der Waals surface area contributed by atoms with Crippen LogP contribution >= 0.6 is 27.5 Å². The lowest BCUT2D eigenvalue weighted by Gasteiger charge is -2.25. The number of aromatic nitrogens is 1. The summed E-state index contributed by atoms with van der Waals surface area (Å²) in [6.45, 7) is 5.73. The molecule has 0 saturated heterocycles. The smallest absolute Gasteiger partial charge is 0.241 e. The molecule has 1 aromatic rings. The van der Waals surface area contributed by atoms with E-state index in [4.69, 9.17) is 17.3 Å². The van der Waals surface area contributed by atoms with Crippen LogP contribution in [0.2, 0.25) is 5.15 Å². The SMILES string of the molecule is CC(C)(C)[C@@H](N)C(=O)Nc1cnc(Cl)c(Br)c1. The number of hydrogen-bond acceptors (Lipinski definition) is 3. The first-order chi connectivity index (χ1) is 7.71. The van der Waals surface area contributed by atoms with Gasteiger partial charge in [0.2, 0.25) is 5.91 Å². The summed E-state index contributed by atoms with van der Waals surface area (Å²) in [6, 6.07) is 1.10. The Morgan fingerprint density at radius 2 is 2.18 bits per heavy atom. The molecule has 3 N–H and O–H groups in total. The van der Waals surface area contributed by atoms with Crippen molar-refractivity contribution < 1.29 is 4.79 Å². The summed E-state index contributed by atoms with van der Waals surface area (Å²) >= 11 is 8.99. The second-order valence-corrected chi connectivity index (χ2v) is 6.04. The van der Waals surface area contributed by atoms with E-state index in [1.165, 1.54) is 6.20 Å². The van der Waals surface area contributed by atoms with Crippen LogP contribution in [-0.2, 0) is 4.79 Å². The molecule has 1 atom stereocenters. The van der Waals surface area contributed by atoms with Gasteiger partial charge < -0.3 is 11.1 Å². The van der Waals surface area contributed by atoms with Crippen molar-refractivity contribution in [2.24, 2.45) is 11.1 Å². The highest BCUT2D eigenvalue weighted by atomic mass is 79.9. The molecule has 1 amide bonds. The molecule has 1 aromatic heterocycles. The highest BCUT2D eigenvalue weighted by Crippen LogP contribution is 2.24. The summed E-state index contributed by atoms with van der Waals surface area (Å²) in [7, 11) is 0. The van der Waals surface area contributed by atoms with Crippen molar-refractivity contribution in [1.29, 1.82) is 0 Å². The average molecular weight is 321 g/mol. The Morgan fingerprint density at radius 3 is 2.65 bits per heavy atom. The van der Waals surface area contributed by atoms with Gasteiger partial charge in [0, 0.05) is 0 Å². The number of nitrogens with two attached hydrogens (primary N) is 1. The van der Waals surface area contributed by atoms with Crippen molar-refractivity contribution in [3.8, 4) is 0 Å². The lowest BCUT2D eigenvalue weighted by atomic mass is 9.87. The Morgan fingerprint density at radius 1 is 1.59 bits per heavy atom. The fraction of sp³-hybridized carbons (Fsp3) is 0.455. The van der Waals surface area contributed by atoms with Gasteiger partial charge in [-0.15, -0.1) is 0 Å². The normalized spacial score (nSPS) is 13.3. The molecule has 17 heavy (non-hydrogen) atoms. The fourth-order valence-electron chi connectivity index (χ4n) is 1.10. The molecule has 0 aliphatic rings.